The Morgan fingerprint density at radius 3 is 2.49 bits per heavy atom. The summed E-state index contributed by atoms with van der Waals surface area (Å²) >= 11 is 0. The van der Waals surface area contributed by atoms with Gasteiger partial charge in [0.2, 0.25) is 5.90 Å². The Balaban J connectivity index is 1.57. The third-order valence-corrected chi connectivity index (χ3v) is 6.36. The Morgan fingerprint density at radius 2 is 1.84 bits per heavy atom. The average Bonchev–Trinajstić information content (AvgIpc) is 3.68. The van der Waals surface area contributed by atoms with Gasteiger partial charge >= 0.3 is 0 Å². The molecule has 4 aromatic rings. The summed E-state index contributed by atoms with van der Waals surface area (Å²) < 4.78 is 22.5. The minimum atomic E-state index is -0.516. The van der Waals surface area contributed by atoms with Crippen molar-refractivity contribution in [1.29, 1.82) is 0 Å². The van der Waals surface area contributed by atoms with Crippen LogP contribution in [0.4, 0.5) is 0 Å². The van der Waals surface area contributed by atoms with Crippen LogP contribution in [0.25, 0.3) is 22.1 Å². The van der Waals surface area contributed by atoms with Crippen LogP contribution in [0.3, 0.4) is 0 Å². The molecule has 0 spiro atoms. The molecule has 2 aromatic carbocycles. The zero-order valence-corrected chi connectivity index (χ0v) is 20.8. The number of para-hydroxylation sites is 1. The van der Waals surface area contributed by atoms with Gasteiger partial charge in [0.1, 0.15) is 28.6 Å². The maximum absolute atomic E-state index is 13.3. The number of methoxy groups -OCH3 is 2. The number of allylic oxidation sites excluding steroid dienone is 1. The number of hydrogen-bond acceptors (Lipinski definition) is 8. The van der Waals surface area contributed by atoms with Crippen LogP contribution in [-0.2, 0) is 11.2 Å². The van der Waals surface area contributed by atoms with Gasteiger partial charge in [-0.05, 0) is 43.0 Å². The molecule has 1 aliphatic carbocycles. The van der Waals surface area contributed by atoms with Crippen LogP contribution < -0.4 is 15.0 Å². The normalized spacial score (nSPS) is 13.5. The van der Waals surface area contributed by atoms with Gasteiger partial charge in [-0.3, -0.25) is 9.79 Å². The van der Waals surface area contributed by atoms with Crippen LogP contribution in [0.2, 0.25) is 0 Å². The topological polar surface area (TPSA) is 119 Å². The van der Waals surface area contributed by atoms with E-state index in [1.54, 1.807) is 32.4 Å². The number of pyridine rings is 1. The number of H-pyrrole nitrogens is 1. The summed E-state index contributed by atoms with van der Waals surface area (Å²) in [5, 5.41) is 16.5. The predicted octanol–water partition coefficient (Wildman–Crippen LogP) is 4.93. The van der Waals surface area contributed by atoms with E-state index < -0.39 is 5.56 Å². The van der Waals surface area contributed by atoms with Crippen molar-refractivity contribution < 1.29 is 23.8 Å². The summed E-state index contributed by atoms with van der Waals surface area (Å²) in [6, 6.07) is 12.8. The summed E-state index contributed by atoms with van der Waals surface area (Å²) in [5.41, 5.74) is 2.24. The Kier molecular flexibility index (Phi) is 6.43. The van der Waals surface area contributed by atoms with Crippen LogP contribution in [0, 0.1) is 0 Å². The summed E-state index contributed by atoms with van der Waals surface area (Å²) in [6.45, 7) is 3.98. The quantitative estimate of drug-likeness (QED) is 0.200. The van der Waals surface area contributed by atoms with Gasteiger partial charge in [-0.25, -0.2) is 0 Å². The number of benzene rings is 2. The molecular formula is C28H27N3O6. The fourth-order valence-corrected chi connectivity index (χ4v) is 4.47. The van der Waals surface area contributed by atoms with Crippen LogP contribution in [0.1, 0.15) is 35.7 Å². The second-order valence-corrected chi connectivity index (χ2v) is 8.75. The van der Waals surface area contributed by atoms with E-state index in [0.717, 1.165) is 18.2 Å². The number of aromatic amines is 1. The van der Waals surface area contributed by atoms with Crippen molar-refractivity contribution in [2.75, 3.05) is 21.3 Å². The summed E-state index contributed by atoms with van der Waals surface area (Å²) in [6.07, 6.45) is 2.02. The highest BCUT2D eigenvalue weighted by molar-refractivity contribution is 6.00. The Morgan fingerprint density at radius 1 is 1.14 bits per heavy atom. The van der Waals surface area contributed by atoms with E-state index in [1.165, 1.54) is 7.05 Å². The third kappa shape index (κ3) is 4.44. The van der Waals surface area contributed by atoms with Crippen molar-refractivity contribution in [2.24, 2.45) is 4.99 Å². The van der Waals surface area contributed by atoms with Gasteiger partial charge in [0.25, 0.3) is 5.56 Å². The molecular weight excluding hydrogens is 474 g/mol. The number of hydrogen-bond donors (Lipinski definition) is 2. The van der Waals surface area contributed by atoms with E-state index in [0.29, 0.717) is 39.6 Å². The molecule has 0 bridgehead atoms. The Bertz CT molecular complexity index is 1560. The van der Waals surface area contributed by atoms with Crippen molar-refractivity contribution in [3.8, 4) is 28.4 Å². The molecule has 0 unspecified atom stereocenters. The highest BCUT2D eigenvalue weighted by atomic mass is 16.5. The first-order valence-corrected chi connectivity index (χ1v) is 11.8. The highest BCUT2D eigenvalue weighted by Crippen LogP contribution is 2.50. The number of nitrogens with zero attached hydrogens (tertiary/aromatic N) is 2. The van der Waals surface area contributed by atoms with Gasteiger partial charge in [-0.15, -0.1) is 0 Å². The van der Waals surface area contributed by atoms with E-state index >= 15 is 0 Å². The smallest absolute Gasteiger partial charge is 0.264 e. The second-order valence-electron chi connectivity index (χ2n) is 8.75. The van der Waals surface area contributed by atoms with E-state index in [4.69, 9.17) is 18.7 Å². The molecule has 2 aromatic heterocycles. The van der Waals surface area contributed by atoms with Crippen molar-refractivity contribution >= 4 is 16.9 Å². The van der Waals surface area contributed by atoms with Gasteiger partial charge in [0.05, 0.1) is 37.5 Å². The molecule has 0 radical (unpaired) electrons. The molecule has 5 rings (SSSR count). The molecule has 37 heavy (non-hydrogen) atoms. The minimum absolute atomic E-state index is 0.0750. The van der Waals surface area contributed by atoms with Crippen molar-refractivity contribution in [1.82, 2.24) is 10.1 Å². The molecule has 0 atom stereocenters. The first kappa shape index (κ1) is 24.2. The number of aliphatic imine (C=N–C) groups is 1. The van der Waals surface area contributed by atoms with Gasteiger partial charge in [-0.1, -0.05) is 29.9 Å². The number of rotatable bonds is 8. The third-order valence-electron chi connectivity index (χ3n) is 6.36. The molecule has 9 nitrogen and oxygen atoms in total. The Labute approximate surface area is 213 Å². The molecule has 0 aliphatic heterocycles. The van der Waals surface area contributed by atoms with Crippen molar-refractivity contribution in [3.63, 3.8) is 0 Å². The minimum Gasteiger partial charge on any atom is -0.506 e. The first-order chi connectivity index (χ1) is 18.0. The molecule has 0 amide bonds. The largest absolute Gasteiger partial charge is 0.506 e. The lowest BCUT2D eigenvalue weighted by atomic mass is 9.96. The van der Waals surface area contributed by atoms with E-state index in [2.05, 4.69) is 21.7 Å². The second kappa shape index (κ2) is 9.85. The lowest BCUT2D eigenvalue weighted by Crippen LogP contribution is -2.23. The number of nitrogens with one attached hydrogen (secondary N) is 1. The fourth-order valence-electron chi connectivity index (χ4n) is 4.47. The molecule has 2 heterocycles. The molecule has 1 aliphatic rings. The zero-order chi connectivity index (χ0) is 26.1. The van der Waals surface area contributed by atoms with E-state index in [9.17, 15) is 9.90 Å². The summed E-state index contributed by atoms with van der Waals surface area (Å²) in [7, 11) is 4.56. The standard InChI is InChI=1S/C28H27N3O6/c1-15(14-18-17-8-5-6-9-19(17)37-31-18)36-28(29-2)24-26(32)23(25(16-12-13-16)30-27(24)33)22-20(34-3)10-7-11-21(22)35-4/h5-11,16H,1,12-14H2,2-4H3,(H2,30,32,33). The molecule has 0 saturated heterocycles. The number of fused-ring (bicyclic) bond motifs is 1. The summed E-state index contributed by atoms with van der Waals surface area (Å²) in [4.78, 5) is 20.4. The Hall–Kier alpha value is -4.53. The fraction of sp³-hybridized carbons (Fsp3) is 0.250. The highest BCUT2D eigenvalue weighted by Gasteiger charge is 2.34. The van der Waals surface area contributed by atoms with Gasteiger partial charge in [0.15, 0.2) is 5.58 Å². The monoisotopic (exact) mass is 501 g/mol. The maximum Gasteiger partial charge on any atom is 0.264 e. The lowest BCUT2D eigenvalue weighted by molar-refractivity contribution is 0.390. The van der Waals surface area contributed by atoms with Gasteiger partial charge < -0.3 is 28.8 Å². The van der Waals surface area contributed by atoms with Crippen molar-refractivity contribution in [2.45, 2.75) is 25.2 Å². The molecule has 2 N–H and O–H groups in total. The van der Waals surface area contributed by atoms with Crippen LogP contribution in [-0.4, -0.2) is 42.4 Å². The number of aromatic hydroxyl groups is 1. The molecule has 1 fully saturated rings. The first-order valence-electron chi connectivity index (χ1n) is 11.8. The number of aromatic nitrogens is 2. The lowest BCUT2D eigenvalue weighted by Gasteiger charge is -2.19. The average molecular weight is 502 g/mol. The van der Waals surface area contributed by atoms with Crippen molar-refractivity contribution in [3.05, 3.63) is 82.1 Å². The SMILES string of the molecule is C=C(Cc1noc2ccccc12)OC(=NC)c1c(O)c(-c2c(OC)cccc2OC)c(C2CC2)[nH]c1=O. The van der Waals surface area contributed by atoms with E-state index in [-0.39, 0.29) is 35.3 Å². The van der Waals surface area contributed by atoms with E-state index in [1.807, 2.05) is 24.3 Å². The zero-order valence-electron chi connectivity index (χ0n) is 20.8. The van der Waals surface area contributed by atoms with Gasteiger partial charge in [0, 0.05) is 18.1 Å². The van der Waals surface area contributed by atoms with Crippen LogP contribution >= 0.6 is 0 Å². The van der Waals surface area contributed by atoms with Gasteiger partial charge in [-0.2, -0.15) is 0 Å². The molecule has 190 valence electrons. The molecule has 9 heteroatoms. The maximum atomic E-state index is 13.3. The van der Waals surface area contributed by atoms with Crippen LogP contribution in [0.15, 0.2) is 69.1 Å². The van der Waals surface area contributed by atoms with Crippen LogP contribution in [0.5, 0.6) is 17.2 Å². The molecule has 1 saturated carbocycles. The number of ether oxygens (including phenoxy) is 3. The predicted molar refractivity (Wildman–Crippen MR) is 140 cm³/mol. The summed E-state index contributed by atoms with van der Waals surface area (Å²) in [5.74, 6) is 1.03.